The number of amides is 1. The zero-order valence-electron chi connectivity index (χ0n) is 12.5. The third-order valence-electron chi connectivity index (χ3n) is 2.76. The first-order valence-electron chi connectivity index (χ1n) is 6.42. The van der Waals surface area contributed by atoms with Gasteiger partial charge in [0, 0.05) is 24.3 Å². The number of ether oxygens (including phenoxy) is 1. The number of rotatable bonds is 5. The minimum absolute atomic E-state index is 0.0300. The lowest BCUT2D eigenvalue weighted by Crippen LogP contribution is -2.41. The van der Waals surface area contributed by atoms with Gasteiger partial charge in [-0.1, -0.05) is 27.4 Å². The van der Waals surface area contributed by atoms with Crippen LogP contribution in [-0.4, -0.2) is 36.3 Å². The Balaban J connectivity index is 3.04. The predicted octanol–water partition coefficient (Wildman–Crippen LogP) is 2.64. The molecule has 0 spiro atoms. The fourth-order valence-corrected chi connectivity index (χ4v) is 1.62. The summed E-state index contributed by atoms with van der Waals surface area (Å²) in [5.41, 5.74) is 0.0259. The van der Waals surface area contributed by atoms with E-state index in [1.54, 1.807) is 24.1 Å². The Kier molecular flexibility index (Phi) is 5.27. The summed E-state index contributed by atoms with van der Waals surface area (Å²) in [6, 6.07) is 3.37. The molecule has 1 N–H and O–H groups in total. The summed E-state index contributed by atoms with van der Waals surface area (Å²) in [5, 5.41) is 9.30. The molecule has 0 radical (unpaired) electrons. The molecule has 0 saturated carbocycles. The maximum atomic E-state index is 12.5. The van der Waals surface area contributed by atoms with E-state index in [9.17, 15) is 9.90 Å². The van der Waals surface area contributed by atoms with Crippen LogP contribution >= 0.6 is 0 Å². The molecule has 0 aliphatic rings. The molecule has 0 aromatic carbocycles. The van der Waals surface area contributed by atoms with Crippen LogP contribution in [0.25, 0.3) is 5.76 Å². The minimum atomic E-state index is -0.505. The van der Waals surface area contributed by atoms with Crippen molar-refractivity contribution >= 4 is 17.5 Å². The van der Waals surface area contributed by atoms with Crippen molar-refractivity contribution in [1.29, 1.82) is 0 Å². The Morgan fingerprint density at radius 3 is 2.50 bits per heavy atom. The van der Waals surface area contributed by atoms with Gasteiger partial charge in [-0.3, -0.25) is 9.69 Å². The Hall–Kier alpha value is -1.88. The van der Waals surface area contributed by atoms with Gasteiger partial charge in [0.15, 0.2) is 0 Å². The third kappa shape index (κ3) is 4.06. The predicted molar refractivity (Wildman–Crippen MR) is 79.6 cm³/mol. The van der Waals surface area contributed by atoms with E-state index in [4.69, 9.17) is 4.74 Å². The van der Waals surface area contributed by atoms with Crippen LogP contribution in [0.1, 0.15) is 26.3 Å². The van der Waals surface area contributed by atoms with Crippen molar-refractivity contribution in [3.63, 3.8) is 0 Å². The largest absolute Gasteiger partial charge is 0.508 e. The number of methoxy groups -OCH3 is 1. The number of aliphatic hydroxyl groups excluding tert-OH is 1. The summed E-state index contributed by atoms with van der Waals surface area (Å²) in [5.74, 6) is 0.458. The highest BCUT2D eigenvalue weighted by atomic mass is 16.5. The molecule has 0 aliphatic carbocycles. The molecule has 1 amide bonds. The van der Waals surface area contributed by atoms with Gasteiger partial charge in [0.05, 0.1) is 13.2 Å². The maximum Gasteiger partial charge on any atom is 0.233 e. The zero-order chi connectivity index (χ0) is 15.3. The molecule has 0 saturated heterocycles. The van der Waals surface area contributed by atoms with Gasteiger partial charge >= 0.3 is 0 Å². The fraction of sp³-hybridized carbons (Fsp3) is 0.467. The topological polar surface area (TPSA) is 62.7 Å². The van der Waals surface area contributed by atoms with Gasteiger partial charge in [-0.25, -0.2) is 4.98 Å². The van der Waals surface area contributed by atoms with E-state index in [1.165, 1.54) is 6.20 Å². The minimum Gasteiger partial charge on any atom is -0.508 e. The summed E-state index contributed by atoms with van der Waals surface area (Å²) >= 11 is 0. The van der Waals surface area contributed by atoms with Gasteiger partial charge in [0.25, 0.3) is 0 Å². The van der Waals surface area contributed by atoms with Gasteiger partial charge in [0.2, 0.25) is 5.91 Å². The zero-order valence-corrected chi connectivity index (χ0v) is 12.5. The number of carbonyl (C=O) groups is 1. The van der Waals surface area contributed by atoms with Crippen LogP contribution in [0.2, 0.25) is 0 Å². The van der Waals surface area contributed by atoms with Crippen LogP contribution in [0, 0.1) is 5.41 Å². The molecular weight excluding hydrogens is 256 g/mol. The summed E-state index contributed by atoms with van der Waals surface area (Å²) in [7, 11) is 1.59. The average molecular weight is 278 g/mol. The number of aliphatic hydroxyl groups is 1. The quantitative estimate of drug-likeness (QED) is 0.841. The van der Waals surface area contributed by atoms with Crippen LogP contribution < -0.4 is 4.90 Å². The average Bonchev–Trinajstić information content (AvgIpc) is 2.38. The molecule has 0 atom stereocenters. The van der Waals surface area contributed by atoms with Gasteiger partial charge in [-0.05, 0) is 12.1 Å². The first-order chi connectivity index (χ1) is 9.27. The second-order valence-electron chi connectivity index (χ2n) is 5.55. The molecule has 0 bridgehead atoms. The highest BCUT2D eigenvalue weighted by molar-refractivity contribution is 5.96. The number of hydrogen-bond donors (Lipinski definition) is 1. The first kappa shape index (κ1) is 16.2. The molecule has 1 heterocycles. The molecule has 110 valence electrons. The van der Waals surface area contributed by atoms with Crippen molar-refractivity contribution in [2.75, 3.05) is 25.2 Å². The maximum absolute atomic E-state index is 12.5. The molecule has 0 unspecified atom stereocenters. The van der Waals surface area contributed by atoms with Crippen molar-refractivity contribution in [1.82, 2.24) is 4.98 Å². The molecule has 0 aliphatic heterocycles. The van der Waals surface area contributed by atoms with Crippen LogP contribution in [0.3, 0.4) is 0 Å². The number of aromatic nitrogens is 1. The second-order valence-corrected chi connectivity index (χ2v) is 5.55. The van der Waals surface area contributed by atoms with E-state index in [0.29, 0.717) is 24.5 Å². The monoisotopic (exact) mass is 278 g/mol. The van der Waals surface area contributed by atoms with Gasteiger partial charge in [-0.2, -0.15) is 0 Å². The number of nitrogens with zero attached hydrogens (tertiary/aromatic N) is 2. The molecule has 20 heavy (non-hydrogen) atoms. The van der Waals surface area contributed by atoms with Gasteiger partial charge < -0.3 is 9.84 Å². The first-order valence-corrected chi connectivity index (χ1v) is 6.42. The lowest BCUT2D eigenvalue weighted by molar-refractivity contribution is -0.126. The highest BCUT2D eigenvalue weighted by Crippen LogP contribution is 2.22. The van der Waals surface area contributed by atoms with Crippen LogP contribution in [0.15, 0.2) is 24.9 Å². The standard InChI is InChI=1S/C15H22N2O3/c1-11(18)12-6-7-13(16-10-12)17(8-9-20-5)14(19)15(2,3)4/h6-7,10,18H,1,8-9H2,2-5H3. The number of hydrogen-bond acceptors (Lipinski definition) is 4. The number of pyridine rings is 1. The fourth-order valence-electron chi connectivity index (χ4n) is 1.62. The van der Waals surface area contributed by atoms with E-state index in [1.807, 2.05) is 20.8 Å². The Morgan fingerprint density at radius 2 is 2.10 bits per heavy atom. The van der Waals surface area contributed by atoms with Crippen molar-refractivity contribution in [3.05, 3.63) is 30.5 Å². The molecular formula is C15H22N2O3. The van der Waals surface area contributed by atoms with E-state index in [2.05, 4.69) is 11.6 Å². The van der Waals surface area contributed by atoms with E-state index in [0.717, 1.165) is 0 Å². The smallest absolute Gasteiger partial charge is 0.233 e. The number of anilines is 1. The van der Waals surface area contributed by atoms with Crippen molar-refractivity contribution < 1.29 is 14.6 Å². The Bertz CT molecular complexity index is 475. The van der Waals surface area contributed by atoms with Crippen molar-refractivity contribution in [2.45, 2.75) is 20.8 Å². The highest BCUT2D eigenvalue weighted by Gasteiger charge is 2.28. The van der Waals surface area contributed by atoms with E-state index < -0.39 is 5.41 Å². The summed E-state index contributed by atoms with van der Waals surface area (Å²) < 4.78 is 5.04. The molecule has 5 heteroatoms. The second kappa shape index (κ2) is 6.52. The molecule has 1 rings (SSSR count). The lowest BCUT2D eigenvalue weighted by Gasteiger charge is -2.28. The van der Waals surface area contributed by atoms with Crippen molar-refractivity contribution in [2.24, 2.45) is 5.41 Å². The van der Waals surface area contributed by atoms with Crippen LogP contribution in [0.5, 0.6) is 0 Å². The molecule has 0 fully saturated rings. The van der Waals surface area contributed by atoms with Crippen molar-refractivity contribution in [3.8, 4) is 0 Å². The normalized spacial score (nSPS) is 11.2. The van der Waals surface area contributed by atoms with Gasteiger partial charge in [0.1, 0.15) is 11.6 Å². The van der Waals surface area contributed by atoms with Crippen LogP contribution in [-0.2, 0) is 9.53 Å². The SMILES string of the molecule is C=C(O)c1ccc(N(CCOC)C(=O)C(C)(C)C)nc1. The van der Waals surface area contributed by atoms with Crippen LogP contribution in [0.4, 0.5) is 5.82 Å². The summed E-state index contributed by atoms with van der Waals surface area (Å²) in [6.45, 7) is 9.88. The summed E-state index contributed by atoms with van der Waals surface area (Å²) in [4.78, 5) is 18.3. The molecule has 1 aromatic rings. The third-order valence-corrected chi connectivity index (χ3v) is 2.76. The van der Waals surface area contributed by atoms with Gasteiger partial charge in [-0.15, -0.1) is 0 Å². The number of carbonyl (C=O) groups excluding carboxylic acids is 1. The molecule has 5 nitrogen and oxygen atoms in total. The summed E-state index contributed by atoms with van der Waals surface area (Å²) in [6.07, 6.45) is 1.49. The Morgan fingerprint density at radius 1 is 1.45 bits per heavy atom. The van der Waals surface area contributed by atoms with E-state index >= 15 is 0 Å². The lowest BCUT2D eigenvalue weighted by atomic mass is 9.94. The molecule has 1 aromatic heterocycles. The van der Waals surface area contributed by atoms with E-state index in [-0.39, 0.29) is 11.7 Å². The Labute approximate surface area is 119 Å².